The van der Waals surface area contributed by atoms with Gasteiger partial charge < -0.3 is 0 Å². The Morgan fingerprint density at radius 2 is 0.692 bits per heavy atom. The molecule has 0 N–H and O–H groups in total. The van der Waals surface area contributed by atoms with Crippen LogP contribution in [0.15, 0.2) is 48.6 Å². The molecule has 2 aliphatic rings. The molecular weight excluding hydrogens is 176 g/mol. The van der Waals surface area contributed by atoms with Gasteiger partial charge in [-0.05, 0) is 25.7 Å². The van der Waals surface area contributed by atoms with Crippen LogP contribution in [0.4, 0.5) is 0 Å². The Bertz CT molecular complexity index is 161. The molecule has 0 aliphatic heterocycles. The smallest absolute Gasteiger partial charge is 0.0313 e. The van der Waals surface area contributed by atoms with Gasteiger partial charge in [0.2, 0.25) is 0 Å². The van der Waals surface area contributed by atoms with Gasteiger partial charge >= 0.3 is 0 Å². The van der Waals surface area contributed by atoms with Gasteiger partial charge in [0.15, 0.2) is 0 Å². The van der Waals surface area contributed by atoms with Crippen molar-refractivity contribution in [3.05, 3.63) is 48.6 Å². The summed E-state index contributed by atoms with van der Waals surface area (Å²) in [6.07, 6.45) is 22.0. The molecular formula is C12H18S. The Labute approximate surface area is 88.2 Å². The fraction of sp³-hybridized carbons (Fsp3) is 0.333. The summed E-state index contributed by atoms with van der Waals surface area (Å²) in [7, 11) is 0. The van der Waals surface area contributed by atoms with Gasteiger partial charge in [0.1, 0.15) is 0 Å². The van der Waals surface area contributed by atoms with Gasteiger partial charge in [0, 0.05) is 0 Å². The number of hydrogen-bond acceptors (Lipinski definition) is 0. The van der Waals surface area contributed by atoms with Crippen molar-refractivity contribution in [2.45, 2.75) is 25.7 Å². The van der Waals surface area contributed by atoms with E-state index in [1.165, 1.54) is 25.7 Å². The topological polar surface area (TPSA) is 0 Å². The number of rotatable bonds is 0. The van der Waals surface area contributed by atoms with Crippen molar-refractivity contribution in [1.29, 1.82) is 0 Å². The van der Waals surface area contributed by atoms with E-state index in [0.717, 1.165) is 0 Å². The Balaban J connectivity index is 0.000000206. The van der Waals surface area contributed by atoms with E-state index >= 15 is 0 Å². The number of hydrogen-bond donors (Lipinski definition) is 0. The average molecular weight is 194 g/mol. The van der Waals surface area contributed by atoms with Crippen molar-refractivity contribution < 1.29 is 0 Å². The first-order valence-corrected chi connectivity index (χ1v) is 4.63. The first-order valence-electron chi connectivity index (χ1n) is 4.63. The molecule has 0 unspecified atom stereocenters. The molecule has 2 rings (SSSR count). The fourth-order valence-electron chi connectivity index (χ4n) is 1.08. The predicted octanol–water partition coefficient (Wildman–Crippen LogP) is 3.90. The van der Waals surface area contributed by atoms with E-state index in [4.69, 9.17) is 0 Å². The van der Waals surface area contributed by atoms with E-state index in [0.29, 0.717) is 0 Å². The van der Waals surface area contributed by atoms with Gasteiger partial charge in [-0.1, -0.05) is 48.6 Å². The average Bonchev–Trinajstić information content (AvgIpc) is 2.24. The van der Waals surface area contributed by atoms with Crippen molar-refractivity contribution in [2.24, 2.45) is 0 Å². The van der Waals surface area contributed by atoms with Gasteiger partial charge in [-0.2, -0.15) is 13.5 Å². The molecule has 0 aromatic carbocycles. The van der Waals surface area contributed by atoms with Crippen molar-refractivity contribution in [2.75, 3.05) is 0 Å². The van der Waals surface area contributed by atoms with Crippen LogP contribution in [-0.2, 0) is 0 Å². The summed E-state index contributed by atoms with van der Waals surface area (Å²) >= 11 is 0. The largest absolute Gasteiger partial charge is 0.197 e. The van der Waals surface area contributed by atoms with E-state index in [1.54, 1.807) is 0 Å². The highest BCUT2D eigenvalue weighted by molar-refractivity contribution is 7.59. The second-order valence-corrected chi connectivity index (χ2v) is 2.87. The Hall–Kier alpha value is -0.690. The molecule has 0 nitrogen and oxygen atoms in total. The minimum absolute atomic E-state index is 0. The van der Waals surface area contributed by atoms with E-state index in [2.05, 4.69) is 48.6 Å². The lowest BCUT2D eigenvalue weighted by molar-refractivity contribution is 1.04. The molecule has 0 saturated heterocycles. The quantitative estimate of drug-likeness (QED) is 0.548. The van der Waals surface area contributed by atoms with Crippen molar-refractivity contribution in [1.82, 2.24) is 0 Å². The minimum Gasteiger partial charge on any atom is -0.197 e. The van der Waals surface area contributed by atoms with Crippen LogP contribution in [0.2, 0.25) is 0 Å². The summed E-state index contributed by atoms with van der Waals surface area (Å²) < 4.78 is 0. The monoisotopic (exact) mass is 194 g/mol. The zero-order valence-corrected chi connectivity index (χ0v) is 8.95. The molecule has 13 heavy (non-hydrogen) atoms. The van der Waals surface area contributed by atoms with Crippen molar-refractivity contribution in [3.8, 4) is 0 Å². The van der Waals surface area contributed by atoms with Gasteiger partial charge in [-0.3, -0.25) is 0 Å². The fourth-order valence-corrected chi connectivity index (χ4v) is 1.08. The van der Waals surface area contributed by atoms with E-state index in [-0.39, 0.29) is 13.5 Å². The molecule has 0 aromatic rings. The Morgan fingerprint density at radius 3 is 0.769 bits per heavy atom. The third-order valence-corrected chi connectivity index (χ3v) is 1.77. The van der Waals surface area contributed by atoms with Crippen LogP contribution in [0, 0.1) is 0 Å². The van der Waals surface area contributed by atoms with Gasteiger partial charge in [0.25, 0.3) is 0 Å². The van der Waals surface area contributed by atoms with Crippen LogP contribution in [0.25, 0.3) is 0 Å². The highest BCUT2D eigenvalue weighted by Crippen LogP contribution is 1.98. The van der Waals surface area contributed by atoms with Gasteiger partial charge in [-0.25, -0.2) is 0 Å². The molecule has 72 valence electrons. The molecule has 1 heteroatoms. The third kappa shape index (κ3) is 7.66. The molecule has 0 amide bonds. The molecule has 0 atom stereocenters. The van der Waals surface area contributed by atoms with Crippen LogP contribution in [0.1, 0.15) is 25.7 Å². The highest BCUT2D eigenvalue weighted by atomic mass is 32.1. The van der Waals surface area contributed by atoms with Crippen LogP contribution >= 0.6 is 13.5 Å². The van der Waals surface area contributed by atoms with Crippen LogP contribution in [0.3, 0.4) is 0 Å². The lowest BCUT2D eigenvalue weighted by Crippen LogP contribution is -1.67. The molecule has 2 aliphatic carbocycles. The normalized spacial score (nSPS) is 17.2. The zero-order chi connectivity index (χ0) is 8.49. The first-order chi connectivity index (χ1) is 6.00. The van der Waals surface area contributed by atoms with E-state index < -0.39 is 0 Å². The second-order valence-electron chi connectivity index (χ2n) is 2.87. The second kappa shape index (κ2) is 9.40. The van der Waals surface area contributed by atoms with E-state index in [9.17, 15) is 0 Å². The molecule has 0 fully saturated rings. The molecule has 0 aromatic heterocycles. The standard InChI is InChI=1S/2C6H8.H2S/c2*1-2-4-6-5-3-1;/h2*1-4H,5-6H2;1H2. The van der Waals surface area contributed by atoms with Gasteiger partial charge in [0.05, 0.1) is 0 Å². The summed E-state index contributed by atoms with van der Waals surface area (Å²) in [6, 6.07) is 0. The van der Waals surface area contributed by atoms with Crippen LogP contribution in [-0.4, -0.2) is 0 Å². The maximum atomic E-state index is 2.18. The molecule has 0 heterocycles. The summed E-state index contributed by atoms with van der Waals surface area (Å²) in [6.45, 7) is 0. The van der Waals surface area contributed by atoms with Crippen LogP contribution in [0.5, 0.6) is 0 Å². The maximum Gasteiger partial charge on any atom is -0.0313 e. The lowest BCUT2D eigenvalue weighted by atomic mass is 10.2. The SMILES string of the molecule is C1=CCCC=C1.C1=CCCC=C1.S. The van der Waals surface area contributed by atoms with Crippen molar-refractivity contribution >= 4 is 13.5 Å². The van der Waals surface area contributed by atoms with Gasteiger partial charge in [-0.15, -0.1) is 0 Å². The summed E-state index contributed by atoms with van der Waals surface area (Å²) in [5.41, 5.74) is 0. The zero-order valence-electron chi connectivity index (χ0n) is 7.95. The Morgan fingerprint density at radius 1 is 0.462 bits per heavy atom. The molecule has 0 bridgehead atoms. The summed E-state index contributed by atoms with van der Waals surface area (Å²) in [4.78, 5) is 0. The highest BCUT2D eigenvalue weighted by Gasteiger charge is 1.78. The molecule has 0 saturated carbocycles. The maximum absolute atomic E-state index is 2.18. The summed E-state index contributed by atoms with van der Waals surface area (Å²) in [5.74, 6) is 0. The predicted molar refractivity (Wildman–Crippen MR) is 65.4 cm³/mol. The molecule has 0 radical (unpaired) electrons. The third-order valence-electron chi connectivity index (χ3n) is 1.77. The lowest BCUT2D eigenvalue weighted by Gasteiger charge is -1.88. The minimum atomic E-state index is 0. The molecule has 0 spiro atoms. The van der Waals surface area contributed by atoms with Crippen molar-refractivity contribution in [3.63, 3.8) is 0 Å². The first kappa shape index (κ1) is 12.3. The summed E-state index contributed by atoms with van der Waals surface area (Å²) in [5, 5.41) is 0. The van der Waals surface area contributed by atoms with E-state index in [1.807, 2.05) is 0 Å². The number of allylic oxidation sites excluding steroid dienone is 8. The Kier molecular flexibility index (Phi) is 8.90. The van der Waals surface area contributed by atoms with Crippen LogP contribution < -0.4 is 0 Å².